The molecule has 1 heterocycles. The van der Waals surface area contributed by atoms with E-state index < -0.39 is 21.9 Å². The number of nitrogen functional groups attached to an aromatic ring is 1. The molecule has 1 fully saturated rings. The van der Waals surface area contributed by atoms with Crippen molar-refractivity contribution in [2.45, 2.75) is 12.5 Å². The van der Waals surface area contributed by atoms with Gasteiger partial charge in [0.2, 0.25) is 0 Å². The van der Waals surface area contributed by atoms with E-state index in [0.29, 0.717) is 12.1 Å². The maximum atomic E-state index is 12.0. The molecule has 0 aromatic heterocycles. The summed E-state index contributed by atoms with van der Waals surface area (Å²) < 4.78 is 32.8. The molecule has 7 heteroatoms. The second-order valence-electron chi connectivity index (χ2n) is 4.36. The van der Waals surface area contributed by atoms with Gasteiger partial charge in [-0.3, -0.25) is 0 Å². The van der Waals surface area contributed by atoms with Crippen molar-refractivity contribution >= 4 is 21.5 Å². The first-order valence-electron chi connectivity index (χ1n) is 5.77. The highest BCUT2D eigenvalue weighted by Crippen LogP contribution is 2.27. The molecule has 0 radical (unpaired) electrons. The molecule has 104 valence electrons. The number of esters is 1. The fraction of sp³-hybridized carbons (Fsp3) is 0.417. The molecule has 0 spiro atoms. The zero-order valence-corrected chi connectivity index (χ0v) is 11.3. The molecule has 1 aromatic carbocycles. The summed E-state index contributed by atoms with van der Waals surface area (Å²) in [6.45, 7) is 0. The van der Waals surface area contributed by atoms with Crippen molar-refractivity contribution in [1.29, 1.82) is 0 Å². The minimum atomic E-state index is -3.08. The largest absolute Gasteiger partial charge is 0.494 e. The number of carbonyl (C=O) groups excluding carboxylic acids is 1. The number of sulfone groups is 1. The Morgan fingerprint density at radius 3 is 2.74 bits per heavy atom. The first kappa shape index (κ1) is 13.7. The fourth-order valence-electron chi connectivity index (χ4n) is 2.01. The summed E-state index contributed by atoms with van der Waals surface area (Å²) in [6.07, 6.45) is -0.262. The van der Waals surface area contributed by atoms with Crippen molar-refractivity contribution in [2.75, 3.05) is 24.3 Å². The Bertz CT molecular complexity index is 596. The number of methoxy groups -OCH3 is 1. The maximum Gasteiger partial charge on any atom is 0.342 e. The van der Waals surface area contributed by atoms with E-state index in [2.05, 4.69) is 0 Å². The van der Waals surface area contributed by atoms with Crippen molar-refractivity contribution in [3.8, 4) is 5.75 Å². The summed E-state index contributed by atoms with van der Waals surface area (Å²) >= 11 is 0. The summed E-state index contributed by atoms with van der Waals surface area (Å²) in [4.78, 5) is 12.0. The molecule has 1 saturated heterocycles. The molecule has 1 aliphatic heterocycles. The molecule has 1 aliphatic rings. The van der Waals surface area contributed by atoms with Crippen LogP contribution < -0.4 is 10.5 Å². The van der Waals surface area contributed by atoms with Crippen LogP contribution in [0.4, 0.5) is 5.69 Å². The van der Waals surface area contributed by atoms with Gasteiger partial charge in [-0.2, -0.15) is 0 Å². The molecular formula is C12H15NO5S. The lowest BCUT2D eigenvalue weighted by molar-refractivity contribution is 0.0353. The highest BCUT2D eigenvalue weighted by Gasteiger charge is 2.31. The van der Waals surface area contributed by atoms with E-state index in [1.165, 1.54) is 13.2 Å². The van der Waals surface area contributed by atoms with Crippen LogP contribution in [0.2, 0.25) is 0 Å². The normalized spacial score (nSPS) is 21.0. The summed E-state index contributed by atoms with van der Waals surface area (Å²) in [5, 5.41) is 0. The summed E-state index contributed by atoms with van der Waals surface area (Å²) in [5.74, 6) is -0.442. The molecule has 6 nitrogen and oxygen atoms in total. The number of benzene rings is 1. The van der Waals surface area contributed by atoms with E-state index >= 15 is 0 Å². The van der Waals surface area contributed by atoms with Gasteiger partial charge in [0.05, 0.1) is 24.3 Å². The van der Waals surface area contributed by atoms with Gasteiger partial charge >= 0.3 is 5.97 Å². The number of rotatable bonds is 3. The standard InChI is InChI=1S/C12H15NO5S/c1-17-11-9(3-2-4-10(11)13)12(14)18-8-5-6-19(15,16)7-8/h2-4,8H,5-7,13H2,1H3. The lowest BCUT2D eigenvalue weighted by atomic mass is 10.1. The van der Waals surface area contributed by atoms with E-state index in [1.54, 1.807) is 12.1 Å². The van der Waals surface area contributed by atoms with E-state index in [0.717, 1.165) is 0 Å². The molecule has 1 atom stereocenters. The number of nitrogens with two attached hydrogens (primary N) is 1. The molecule has 0 saturated carbocycles. The second-order valence-corrected chi connectivity index (χ2v) is 6.59. The highest BCUT2D eigenvalue weighted by atomic mass is 32.2. The highest BCUT2D eigenvalue weighted by molar-refractivity contribution is 7.91. The average molecular weight is 285 g/mol. The van der Waals surface area contributed by atoms with Gasteiger partial charge in [0.1, 0.15) is 11.7 Å². The third-order valence-corrected chi connectivity index (χ3v) is 4.67. The monoisotopic (exact) mass is 285 g/mol. The molecule has 1 aromatic rings. The van der Waals surface area contributed by atoms with Crippen LogP contribution in [0.15, 0.2) is 18.2 Å². The van der Waals surface area contributed by atoms with E-state index in [4.69, 9.17) is 15.2 Å². The first-order valence-corrected chi connectivity index (χ1v) is 7.59. The number of hydrogen-bond acceptors (Lipinski definition) is 6. The van der Waals surface area contributed by atoms with Gasteiger partial charge in [-0.15, -0.1) is 0 Å². The number of para-hydroxylation sites is 1. The Balaban J connectivity index is 2.15. The van der Waals surface area contributed by atoms with Crippen molar-refractivity contribution in [2.24, 2.45) is 0 Å². The summed E-state index contributed by atoms with van der Waals surface area (Å²) in [6, 6.07) is 4.75. The number of ether oxygens (including phenoxy) is 2. The Labute approximate surface area is 111 Å². The molecule has 19 heavy (non-hydrogen) atoms. The predicted molar refractivity (Wildman–Crippen MR) is 69.9 cm³/mol. The van der Waals surface area contributed by atoms with Gasteiger partial charge in [-0.25, -0.2) is 13.2 Å². The van der Waals surface area contributed by atoms with E-state index in [1.807, 2.05) is 0 Å². The van der Waals surface area contributed by atoms with Crippen LogP contribution in [-0.2, 0) is 14.6 Å². The maximum absolute atomic E-state index is 12.0. The topological polar surface area (TPSA) is 95.7 Å². The van der Waals surface area contributed by atoms with Gasteiger partial charge in [0, 0.05) is 0 Å². The van der Waals surface area contributed by atoms with Crippen molar-refractivity contribution in [3.05, 3.63) is 23.8 Å². The van der Waals surface area contributed by atoms with Gasteiger partial charge < -0.3 is 15.2 Å². The van der Waals surface area contributed by atoms with Gasteiger partial charge in [-0.05, 0) is 18.6 Å². The van der Waals surface area contributed by atoms with Crippen LogP contribution in [0.1, 0.15) is 16.8 Å². The van der Waals surface area contributed by atoms with Crippen molar-refractivity contribution < 1.29 is 22.7 Å². The first-order chi connectivity index (χ1) is 8.93. The summed E-state index contributed by atoms with van der Waals surface area (Å²) in [7, 11) is -1.68. The Hall–Kier alpha value is -1.76. The molecule has 1 unspecified atom stereocenters. The van der Waals surface area contributed by atoms with E-state index in [9.17, 15) is 13.2 Å². The average Bonchev–Trinajstić information content (AvgIpc) is 2.68. The van der Waals surface area contributed by atoms with Crippen molar-refractivity contribution in [3.63, 3.8) is 0 Å². The second kappa shape index (κ2) is 5.08. The number of carbonyl (C=O) groups is 1. The van der Waals surface area contributed by atoms with Crippen LogP contribution >= 0.6 is 0 Å². The molecule has 2 N–H and O–H groups in total. The fourth-order valence-corrected chi connectivity index (χ4v) is 3.60. The Morgan fingerprint density at radius 1 is 1.42 bits per heavy atom. The smallest absolute Gasteiger partial charge is 0.342 e. The van der Waals surface area contributed by atoms with Crippen LogP contribution in [-0.4, -0.2) is 39.1 Å². The quantitative estimate of drug-likeness (QED) is 0.646. The van der Waals surface area contributed by atoms with Crippen LogP contribution in [0.25, 0.3) is 0 Å². The van der Waals surface area contributed by atoms with E-state index in [-0.39, 0.29) is 22.8 Å². The Morgan fingerprint density at radius 2 is 2.16 bits per heavy atom. The molecule has 0 aliphatic carbocycles. The lowest BCUT2D eigenvalue weighted by Gasteiger charge is -2.13. The predicted octanol–water partition coefficient (Wildman–Crippen LogP) is 0.621. The zero-order chi connectivity index (χ0) is 14.0. The van der Waals surface area contributed by atoms with Gasteiger partial charge in [0.25, 0.3) is 0 Å². The van der Waals surface area contributed by atoms with Crippen LogP contribution in [0.3, 0.4) is 0 Å². The lowest BCUT2D eigenvalue weighted by Crippen LogP contribution is -2.20. The van der Waals surface area contributed by atoms with Crippen molar-refractivity contribution in [1.82, 2.24) is 0 Å². The van der Waals surface area contributed by atoms with Gasteiger partial charge in [-0.1, -0.05) is 6.07 Å². The van der Waals surface area contributed by atoms with Gasteiger partial charge in [0.15, 0.2) is 15.6 Å². The van der Waals surface area contributed by atoms with Crippen LogP contribution in [0, 0.1) is 0 Å². The Kier molecular flexibility index (Phi) is 3.66. The SMILES string of the molecule is COc1c(N)cccc1C(=O)OC1CCS(=O)(=O)C1. The molecule has 2 rings (SSSR count). The molecule has 0 bridgehead atoms. The minimum Gasteiger partial charge on any atom is -0.494 e. The number of hydrogen-bond donors (Lipinski definition) is 1. The zero-order valence-electron chi connectivity index (χ0n) is 10.5. The molecule has 0 amide bonds. The third kappa shape index (κ3) is 2.98. The minimum absolute atomic E-state index is 0.0546. The van der Waals surface area contributed by atoms with Crippen LogP contribution in [0.5, 0.6) is 5.75 Å². The third-order valence-electron chi connectivity index (χ3n) is 2.93. The molecular weight excluding hydrogens is 270 g/mol. The summed E-state index contributed by atoms with van der Waals surface area (Å²) in [5.41, 5.74) is 6.22. The number of anilines is 1.